The Hall–Kier alpha value is -2.71. The van der Waals surface area contributed by atoms with E-state index in [4.69, 9.17) is 9.47 Å². The van der Waals surface area contributed by atoms with Crippen molar-refractivity contribution in [2.24, 2.45) is 11.8 Å². The van der Waals surface area contributed by atoms with E-state index < -0.39 is 41.6 Å². The highest BCUT2D eigenvalue weighted by molar-refractivity contribution is 5.98. The number of fused-ring (bicyclic) bond motifs is 1. The van der Waals surface area contributed by atoms with Crippen LogP contribution in [0.2, 0.25) is 0 Å². The molecule has 2 bridgehead atoms. The maximum Gasteiger partial charge on any atom is 0.312 e. The quantitative estimate of drug-likeness (QED) is 0.405. The summed E-state index contributed by atoms with van der Waals surface area (Å²) in [7, 11) is 0. The Labute approximate surface area is 218 Å². The fourth-order valence-corrected chi connectivity index (χ4v) is 7.35. The number of hydrogen-bond acceptors (Lipinski definition) is 6. The third-order valence-corrected chi connectivity index (χ3v) is 8.85. The van der Waals surface area contributed by atoms with E-state index in [9.17, 15) is 19.5 Å². The first-order chi connectivity index (χ1) is 18.0. The number of likely N-dealkylation sites (tertiary alicyclic amines) is 1. The smallest absolute Gasteiger partial charge is 0.312 e. The van der Waals surface area contributed by atoms with Gasteiger partial charge in [0.25, 0.3) is 0 Å². The number of nitrogens with zero attached hydrogens (tertiary/aromatic N) is 2. The fraction of sp³-hybridized carbons (Fsp3) is 0.621. The van der Waals surface area contributed by atoms with Gasteiger partial charge in [0, 0.05) is 12.6 Å². The van der Waals surface area contributed by atoms with E-state index in [1.54, 1.807) is 13.0 Å². The van der Waals surface area contributed by atoms with Crippen LogP contribution in [0, 0.1) is 11.8 Å². The molecule has 1 aromatic rings. The topological polar surface area (TPSA) is 96.4 Å². The summed E-state index contributed by atoms with van der Waals surface area (Å²) in [5, 5.41) is 10.6. The molecule has 37 heavy (non-hydrogen) atoms. The SMILES string of the molecule is C=CCN(C(=O)C1N([C@H](CO)c2ccccc2)C(=O)[C@@H]2[C@@H](C(=O)OCC)[C@H]3CCC12O3)C1CCCCC1. The Kier molecular flexibility index (Phi) is 7.41. The molecule has 2 amide bonds. The molecule has 1 aromatic carbocycles. The zero-order valence-corrected chi connectivity index (χ0v) is 21.6. The zero-order valence-electron chi connectivity index (χ0n) is 21.6. The summed E-state index contributed by atoms with van der Waals surface area (Å²) in [6.45, 7) is 5.88. The van der Waals surface area contributed by atoms with Crippen molar-refractivity contribution in [3.8, 4) is 0 Å². The van der Waals surface area contributed by atoms with Crippen LogP contribution in [-0.2, 0) is 23.9 Å². The Balaban J connectivity index is 1.60. The van der Waals surface area contributed by atoms with Crippen molar-refractivity contribution in [2.75, 3.05) is 19.8 Å². The van der Waals surface area contributed by atoms with E-state index in [2.05, 4.69) is 6.58 Å². The molecular weight excluding hydrogens is 472 g/mol. The lowest BCUT2D eigenvalue weighted by atomic mass is 9.70. The lowest BCUT2D eigenvalue weighted by molar-refractivity contribution is -0.157. The molecule has 3 aliphatic heterocycles. The van der Waals surface area contributed by atoms with Gasteiger partial charge in [-0.3, -0.25) is 14.4 Å². The minimum Gasteiger partial charge on any atom is -0.466 e. The largest absolute Gasteiger partial charge is 0.466 e. The third kappa shape index (κ3) is 4.18. The van der Waals surface area contributed by atoms with Crippen molar-refractivity contribution in [3.05, 3.63) is 48.6 Å². The second kappa shape index (κ2) is 10.6. The van der Waals surface area contributed by atoms with Gasteiger partial charge >= 0.3 is 5.97 Å². The summed E-state index contributed by atoms with van der Waals surface area (Å²) in [4.78, 5) is 45.3. The highest BCUT2D eigenvalue weighted by atomic mass is 16.6. The number of carbonyl (C=O) groups is 3. The van der Waals surface area contributed by atoms with Gasteiger partial charge < -0.3 is 24.4 Å². The van der Waals surface area contributed by atoms with Crippen molar-refractivity contribution in [1.29, 1.82) is 0 Å². The minimum absolute atomic E-state index is 0.0652. The van der Waals surface area contributed by atoms with Crippen molar-refractivity contribution < 1.29 is 29.0 Å². The molecule has 200 valence electrons. The molecule has 3 heterocycles. The van der Waals surface area contributed by atoms with Gasteiger partial charge in [-0.15, -0.1) is 6.58 Å². The summed E-state index contributed by atoms with van der Waals surface area (Å²) in [6, 6.07) is 7.68. The van der Waals surface area contributed by atoms with E-state index >= 15 is 0 Å². The first kappa shape index (κ1) is 25.9. The fourth-order valence-electron chi connectivity index (χ4n) is 7.35. The van der Waals surface area contributed by atoms with Gasteiger partial charge in [0.15, 0.2) is 0 Å². The number of ether oxygens (including phenoxy) is 2. The predicted octanol–water partition coefficient (Wildman–Crippen LogP) is 3.01. The highest BCUT2D eigenvalue weighted by Gasteiger charge is 2.75. The van der Waals surface area contributed by atoms with E-state index in [1.165, 1.54) is 4.90 Å². The molecule has 3 saturated heterocycles. The van der Waals surface area contributed by atoms with Crippen LogP contribution in [0.15, 0.2) is 43.0 Å². The lowest BCUT2D eigenvalue weighted by Gasteiger charge is -2.42. The molecule has 1 aliphatic carbocycles. The summed E-state index contributed by atoms with van der Waals surface area (Å²) in [5.41, 5.74) is -0.380. The molecule has 4 fully saturated rings. The number of rotatable bonds is 9. The number of hydrogen-bond donors (Lipinski definition) is 1. The van der Waals surface area contributed by atoms with E-state index in [0.29, 0.717) is 19.4 Å². The molecule has 6 atom stereocenters. The number of amides is 2. The average Bonchev–Trinajstić information content (AvgIpc) is 3.56. The van der Waals surface area contributed by atoms with E-state index in [0.717, 1.165) is 37.7 Å². The first-order valence-electron chi connectivity index (χ1n) is 13.7. The molecular formula is C29H38N2O6. The highest BCUT2D eigenvalue weighted by Crippen LogP contribution is 2.60. The van der Waals surface area contributed by atoms with Crippen LogP contribution in [0.25, 0.3) is 0 Å². The second-order valence-corrected chi connectivity index (χ2v) is 10.7. The normalized spacial score (nSPS) is 31.7. The molecule has 0 radical (unpaired) electrons. The number of benzene rings is 1. The minimum atomic E-state index is -1.12. The monoisotopic (exact) mass is 510 g/mol. The van der Waals surface area contributed by atoms with Crippen LogP contribution >= 0.6 is 0 Å². The van der Waals surface area contributed by atoms with Gasteiger partial charge in [-0.05, 0) is 38.2 Å². The summed E-state index contributed by atoms with van der Waals surface area (Å²) in [5.74, 6) is -2.50. The molecule has 2 unspecified atom stereocenters. The lowest BCUT2D eigenvalue weighted by Crippen LogP contribution is -2.59. The molecule has 4 aliphatic rings. The van der Waals surface area contributed by atoms with Crippen molar-refractivity contribution in [2.45, 2.75) is 81.7 Å². The summed E-state index contributed by atoms with van der Waals surface area (Å²) >= 11 is 0. The van der Waals surface area contributed by atoms with Crippen LogP contribution in [-0.4, -0.2) is 76.2 Å². The van der Waals surface area contributed by atoms with Gasteiger partial charge in [0.1, 0.15) is 11.6 Å². The number of esters is 1. The molecule has 1 N–H and O–H groups in total. The summed E-state index contributed by atoms with van der Waals surface area (Å²) < 4.78 is 11.9. The van der Waals surface area contributed by atoms with Crippen LogP contribution in [0.5, 0.6) is 0 Å². The standard InChI is InChI=1S/C29H38N2O6/c1-3-17-30(20-13-9-6-10-14-20)27(34)25-29-16-15-22(37-29)23(28(35)36-4-2)24(29)26(33)31(25)21(18-32)19-11-7-5-8-12-19/h3,5,7-8,11-12,20-25,32H,1,4,6,9-10,13-18H2,2H3/t21-,22-,23+,24+,25?,29?/m1/s1. The predicted molar refractivity (Wildman–Crippen MR) is 136 cm³/mol. The molecule has 1 spiro atoms. The van der Waals surface area contributed by atoms with Crippen molar-refractivity contribution >= 4 is 17.8 Å². The molecule has 1 saturated carbocycles. The third-order valence-electron chi connectivity index (χ3n) is 8.85. The van der Waals surface area contributed by atoms with Gasteiger partial charge in [-0.25, -0.2) is 0 Å². The maximum absolute atomic E-state index is 14.6. The van der Waals surface area contributed by atoms with Crippen molar-refractivity contribution in [1.82, 2.24) is 9.80 Å². The van der Waals surface area contributed by atoms with Crippen molar-refractivity contribution in [3.63, 3.8) is 0 Å². The van der Waals surface area contributed by atoms with Crippen LogP contribution in [0.3, 0.4) is 0 Å². The van der Waals surface area contributed by atoms with E-state index in [1.807, 2.05) is 35.2 Å². The zero-order chi connectivity index (χ0) is 26.2. The molecule has 8 nitrogen and oxygen atoms in total. The Morgan fingerprint density at radius 1 is 1.24 bits per heavy atom. The number of aliphatic hydroxyl groups is 1. The molecule has 8 heteroatoms. The number of aliphatic hydroxyl groups excluding tert-OH is 1. The van der Waals surface area contributed by atoms with Crippen LogP contribution < -0.4 is 0 Å². The Bertz CT molecular complexity index is 1020. The van der Waals surface area contributed by atoms with Gasteiger partial charge in [-0.2, -0.15) is 0 Å². The van der Waals surface area contributed by atoms with Gasteiger partial charge in [0.2, 0.25) is 11.8 Å². The molecule has 5 rings (SSSR count). The van der Waals surface area contributed by atoms with Crippen LogP contribution in [0.1, 0.15) is 63.5 Å². The second-order valence-electron chi connectivity index (χ2n) is 10.7. The van der Waals surface area contributed by atoms with Gasteiger partial charge in [0.05, 0.1) is 37.2 Å². The Morgan fingerprint density at radius 2 is 1.97 bits per heavy atom. The number of carbonyl (C=O) groups excluding carboxylic acids is 3. The first-order valence-corrected chi connectivity index (χ1v) is 13.7. The average molecular weight is 511 g/mol. The summed E-state index contributed by atoms with van der Waals surface area (Å²) in [6.07, 6.45) is 7.47. The van der Waals surface area contributed by atoms with Crippen LogP contribution in [0.4, 0.5) is 0 Å². The molecule has 0 aromatic heterocycles. The maximum atomic E-state index is 14.6. The van der Waals surface area contributed by atoms with Gasteiger partial charge in [-0.1, -0.05) is 55.7 Å². The Morgan fingerprint density at radius 3 is 2.62 bits per heavy atom. The van der Waals surface area contributed by atoms with E-state index in [-0.39, 0.29) is 31.1 Å².